The van der Waals surface area contributed by atoms with Gasteiger partial charge < -0.3 is 15.0 Å². The van der Waals surface area contributed by atoms with Crippen molar-refractivity contribution in [1.82, 2.24) is 10.1 Å². The molecular weight excluding hydrogens is 266 g/mol. The first kappa shape index (κ1) is 12.6. The van der Waals surface area contributed by atoms with E-state index in [4.69, 9.17) is 15.0 Å². The fourth-order valence-corrected chi connectivity index (χ4v) is 3.15. The van der Waals surface area contributed by atoms with E-state index in [1.165, 1.54) is 6.42 Å². The van der Waals surface area contributed by atoms with Crippen molar-refractivity contribution in [2.24, 2.45) is 0 Å². The van der Waals surface area contributed by atoms with Gasteiger partial charge >= 0.3 is 0 Å². The molecule has 0 spiro atoms. The molecule has 2 aromatic rings. The van der Waals surface area contributed by atoms with E-state index in [0.717, 1.165) is 29.9 Å². The van der Waals surface area contributed by atoms with Crippen molar-refractivity contribution >= 4 is 17.8 Å². The van der Waals surface area contributed by atoms with Crippen molar-refractivity contribution < 1.29 is 9.26 Å². The maximum Gasteiger partial charge on any atom is 0.250 e. The van der Waals surface area contributed by atoms with Gasteiger partial charge in [0.2, 0.25) is 0 Å². The van der Waals surface area contributed by atoms with Gasteiger partial charge in [-0.05, 0) is 43.0 Å². The first-order valence-corrected chi connectivity index (χ1v) is 7.30. The van der Waals surface area contributed by atoms with Crippen molar-refractivity contribution in [2.45, 2.75) is 37.4 Å². The third kappa shape index (κ3) is 2.45. The molecule has 2 aliphatic heterocycles. The fourth-order valence-electron chi connectivity index (χ4n) is 3.15. The highest BCUT2D eigenvalue weighted by Crippen LogP contribution is 2.43. The van der Waals surface area contributed by atoms with Gasteiger partial charge in [-0.3, -0.25) is 0 Å². The summed E-state index contributed by atoms with van der Waals surface area (Å²) in [7, 11) is 0. The van der Waals surface area contributed by atoms with Crippen LogP contribution in [0.15, 0.2) is 28.8 Å². The van der Waals surface area contributed by atoms with Crippen molar-refractivity contribution in [2.75, 3.05) is 5.73 Å². The van der Waals surface area contributed by atoms with Gasteiger partial charge in [-0.2, -0.15) is 4.98 Å². The molecule has 0 radical (unpaired) electrons. The molecule has 3 unspecified atom stereocenters. The Morgan fingerprint density at radius 3 is 2.71 bits per heavy atom. The quantitative estimate of drug-likeness (QED) is 0.877. The van der Waals surface area contributed by atoms with Crippen LogP contribution in [0.3, 0.4) is 0 Å². The smallest absolute Gasteiger partial charge is 0.250 e. The zero-order chi connectivity index (χ0) is 14.2. The van der Waals surface area contributed by atoms with Gasteiger partial charge in [-0.25, -0.2) is 0 Å². The summed E-state index contributed by atoms with van der Waals surface area (Å²) in [5.74, 6) is 1.61. The van der Waals surface area contributed by atoms with Crippen LogP contribution in [0.1, 0.15) is 42.5 Å². The van der Waals surface area contributed by atoms with Crippen molar-refractivity contribution in [3.05, 3.63) is 41.5 Å². The number of nitrogens with two attached hydrogens (primary N) is 1. The summed E-state index contributed by atoms with van der Waals surface area (Å²) in [5, 5.41) is 4.11. The second-order valence-corrected chi connectivity index (χ2v) is 5.71. The lowest BCUT2D eigenvalue weighted by molar-refractivity contribution is 0.0996. The highest BCUT2D eigenvalue weighted by molar-refractivity contribution is 5.66. The maximum absolute atomic E-state index is 5.84. The molecule has 21 heavy (non-hydrogen) atoms. The van der Waals surface area contributed by atoms with E-state index in [1.807, 2.05) is 36.4 Å². The van der Waals surface area contributed by atoms with Gasteiger partial charge in [-0.15, -0.1) is 0 Å². The van der Waals surface area contributed by atoms with Gasteiger partial charge in [0.05, 0.1) is 18.1 Å². The Morgan fingerprint density at radius 2 is 2.00 bits per heavy atom. The highest BCUT2D eigenvalue weighted by atomic mass is 16.5. The zero-order valence-electron chi connectivity index (χ0n) is 11.6. The van der Waals surface area contributed by atoms with E-state index in [0.29, 0.717) is 17.9 Å². The third-order valence-electron chi connectivity index (χ3n) is 4.25. The first-order valence-electron chi connectivity index (χ1n) is 7.30. The molecule has 5 nitrogen and oxygen atoms in total. The number of benzene rings is 1. The van der Waals surface area contributed by atoms with Gasteiger partial charge in [0.25, 0.3) is 5.89 Å². The van der Waals surface area contributed by atoms with Crippen LogP contribution in [0.4, 0.5) is 5.69 Å². The van der Waals surface area contributed by atoms with Gasteiger partial charge in [0.15, 0.2) is 5.82 Å². The summed E-state index contributed by atoms with van der Waals surface area (Å²) in [5.41, 5.74) is 7.46. The molecule has 4 rings (SSSR count). The Hall–Kier alpha value is -2.14. The van der Waals surface area contributed by atoms with E-state index in [-0.39, 0.29) is 6.10 Å². The number of nitrogens with zero attached hydrogens (tertiary/aromatic N) is 2. The summed E-state index contributed by atoms with van der Waals surface area (Å²) in [6, 6.07) is 7.64. The average Bonchev–Trinajstić information content (AvgIpc) is 3.22. The number of ether oxygens (including phenoxy) is 1. The summed E-state index contributed by atoms with van der Waals surface area (Å²) in [4.78, 5) is 4.47. The number of hydrogen-bond acceptors (Lipinski definition) is 5. The molecular formula is C16H17N3O2. The molecule has 1 aromatic carbocycles. The summed E-state index contributed by atoms with van der Waals surface area (Å²) < 4.78 is 11.1. The lowest BCUT2D eigenvalue weighted by Gasteiger charge is -2.13. The topological polar surface area (TPSA) is 74.2 Å². The third-order valence-corrected chi connectivity index (χ3v) is 4.25. The highest BCUT2D eigenvalue weighted by Gasteiger charge is 2.43. The number of anilines is 1. The largest absolute Gasteiger partial charge is 0.399 e. The van der Waals surface area contributed by atoms with Crippen LogP contribution in [0.5, 0.6) is 0 Å². The molecule has 108 valence electrons. The Morgan fingerprint density at radius 1 is 1.14 bits per heavy atom. The van der Waals surface area contributed by atoms with Crippen LogP contribution < -0.4 is 5.73 Å². The van der Waals surface area contributed by atoms with Crippen molar-refractivity contribution in [3.8, 4) is 0 Å². The minimum Gasteiger partial charge on any atom is -0.399 e. The SMILES string of the molecule is Nc1ccc(/C=C/c2nc(C3CC4CCC3O4)no2)cc1. The van der Waals surface area contributed by atoms with Crippen LogP contribution >= 0.6 is 0 Å². The van der Waals surface area contributed by atoms with Crippen LogP contribution in [-0.4, -0.2) is 22.3 Å². The standard InChI is InChI=1S/C16H17N3O2/c17-11-4-1-10(2-5-11)3-8-15-18-16(19-21-15)13-9-12-6-7-14(13)20-12/h1-5,8,12-14H,6-7,9,17H2/b8-3+. The van der Waals surface area contributed by atoms with Crippen LogP contribution in [0, 0.1) is 0 Å². The monoisotopic (exact) mass is 283 g/mol. The van der Waals surface area contributed by atoms with E-state index < -0.39 is 0 Å². The second-order valence-electron chi connectivity index (χ2n) is 5.71. The molecule has 3 heterocycles. The van der Waals surface area contributed by atoms with Crippen LogP contribution in [0.2, 0.25) is 0 Å². The zero-order valence-corrected chi connectivity index (χ0v) is 11.6. The minimum atomic E-state index is 0.279. The Balaban J connectivity index is 1.48. The van der Waals surface area contributed by atoms with E-state index in [1.54, 1.807) is 0 Å². The molecule has 2 aliphatic rings. The number of rotatable bonds is 3. The average molecular weight is 283 g/mol. The molecule has 0 amide bonds. The molecule has 5 heteroatoms. The number of hydrogen-bond donors (Lipinski definition) is 1. The lowest BCUT2D eigenvalue weighted by Crippen LogP contribution is -2.15. The van der Waals surface area contributed by atoms with Gasteiger partial charge in [0.1, 0.15) is 0 Å². The molecule has 3 atom stereocenters. The van der Waals surface area contributed by atoms with Crippen LogP contribution in [-0.2, 0) is 4.74 Å². The van der Waals surface area contributed by atoms with Crippen molar-refractivity contribution in [3.63, 3.8) is 0 Å². The molecule has 2 saturated heterocycles. The number of fused-ring (bicyclic) bond motifs is 2. The Bertz CT molecular complexity index is 662. The molecule has 1 aromatic heterocycles. The second kappa shape index (κ2) is 5.00. The summed E-state index contributed by atoms with van der Waals surface area (Å²) >= 11 is 0. The first-order chi connectivity index (χ1) is 10.3. The normalized spacial score (nSPS) is 27.7. The summed E-state index contributed by atoms with van der Waals surface area (Å²) in [6.07, 6.45) is 7.74. The minimum absolute atomic E-state index is 0.279. The molecule has 2 fully saturated rings. The number of aromatic nitrogens is 2. The molecule has 2 N–H and O–H groups in total. The molecule has 2 bridgehead atoms. The van der Waals surface area contributed by atoms with Crippen molar-refractivity contribution in [1.29, 1.82) is 0 Å². The van der Waals surface area contributed by atoms with Gasteiger partial charge in [0, 0.05) is 11.8 Å². The van der Waals surface area contributed by atoms with E-state index in [2.05, 4.69) is 10.1 Å². The Kier molecular flexibility index (Phi) is 3.00. The predicted octanol–water partition coefficient (Wildman–Crippen LogP) is 2.86. The molecule has 0 aliphatic carbocycles. The van der Waals surface area contributed by atoms with Gasteiger partial charge in [-0.1, -0.05) is 17.3 Å². The Labute approximate surface area is 122 Å². The summed E-state index contributed by atoms with van der Waals surface area (Å²) in [6.45, 7) is 0. The maximum atomic E-state index is 5.84. The van der Waals surface area contributed by atoms with Crippen LogP contribution in [0.25, 0.3) is 12.2 Å². The predicted molar refractivity (Wildman–Crippen MR) is 79.3 cm³/mol. The van der Waals surface area contributed by atoms with E-state index >= 15 is 0 Å². The molecule has 0 saturated carbocycles. The lowest BCUT2D eigenvalue weighted by atomic mass is 9.89. The fraction of sp³-hybridized carbons (Fsp3) is 0.375. The number of nitrogen functional groups attached to an aromatic ring is 1. The van der Waals surface area contributed by atoms with E-state index in [9.17, 15) is 0 Å².